The molecule has 2 aromatic rings. The van der Waals surface area contributed by atoms with Gasteiger partial charge in [0.05, 0.1) is 6.42 Å². The third-order valence-corrected chi connectivity index (χ3v) is 6.66. The fraction of sp³-hybridized carbons (Fsp3) is 0.560. The lowest BCUT2D eigenvalue weighted by molar-refractivity contribution is -0.141. The monoisotopic (exact) mass is 439 g/mol. The van der Waals surface area contributed by atoms with E-state index < -0.39 is 17.9 Å². The number of aliphatic carboxylic acids is 1. The second-order valence-corrected chi connectivity index (χ2v) is 9.31. The third-order valence-electron chi connectivity index (χ3n) is 6.66. The van der Waals surface area contributed by atoms with Crippen molar-refractivity contribution < 1.29 is 19.5 Å². The molecule has 1 aliphatic heterocycles. The van der Waals surface area contributed by atoms with Gasteiger partial charge in [-0.1, -0.05) is 43.9 Å². The number of rotatable bonds is 6. The average Bonchev–Trinajstić information content (AvgIpc) is 3.52. The Morgan fingerprint density at radius 2 is 1.94 bits per heavy atom. The van der Waals surface area contributed by atoms with Crippen LogP contribution in [0.25, 0.3) is 10.9 Å². The first kappa shape index (κ1) is 22.4. The topological polar surface area (TPSA) is 100 Å². The minimum absolute atomic E-state index is 0.198. The zero-order valence-corrected chi connectivity index (χ0v) is 18.5. The van der Waals surface area contributed by atoms with Gasteiger partial charge < -0.3 is 20.3 Å². The maximum Gasteiger partial charge on any atom is 0.304 e. The van der Waals surface area contributed by atoms with Crippen molar-refractivity contribution in [1.82, 2.24) is 15.2 Å². The molecule has 1 saturated carbocycles. The number of hydrogen-bond donors (Lipinski definition) is 3. The smallest absolute Gasteiger partial charge is 0.304 e. The van der Waals surface area contributed by atoms with Gasteiger partial charge >= 0.3 is 5.97 Å². The fourth-order valence-corrected chi connectivity index (χ4v) is 4.73. The van der Waals surface area contributed by atoms with E-state index in [9.17, 15) is 19.5 Å². The summed E-state index contributed by atoms with van der Waals surface area (Å²) in [6, 6.07) is 7.44. The maximum atomic E-state index is 13.1. The van der Waals surface area contributed by atoms with Crippen molar-refractivity contribution >= 4 is 28.7 Å². The number of carboxylic acids is 1. The van der Waals surface area contributed by atoms with Crippen molar-refractivity contribution in [3.05, 3.63) is 36.0 Å². The Kier molecular flexibility index (Phi) is 7.12. The van der Waals surface area contributed by atoms with Crippen molar-refractivity contribution in [3.8, 4) is 0 Å². The Morgan fingerprint density at radius 1 is 1.16 bits per heavy atom. The van der Waals surface area contributed by atoms with Crippen LogP contribution in [0.3, 0.4) is 0 Å². The molecule has 7 heteroatoms. The summed E-state index contributed by atoms with van der Waals surface area (Å²) in [6.07, 6.45) is 9.11. The molecule has 0 saturated heterocycles. The van der Waals surface area contributed by atoms with E-state index >= 15 is 0 Å². The minimum Gasteiger partial charge on any atom is -0.481 e. The van der Waals surface area contributed by atoms with Gasteiger partial charge in [-0.2, -0.15) is 0 Å². The van der Waals surface area contributed by atoms with Crippen LogP contribution in [0.4, 0.5) is 0 Å². The number of carbonyl (C=O) groups excluding carboxylic acids is 2. The highest BCUT2D eigenvalue weighted by molar-refractivity contribution is 5.91. The van der Waals surface area contributed by atoms with Crippen LogP contribution in [-0.2, 0) is 27.3 Å². The molecule has 0 radical (unpaired) electrons. The zero-order valence-electron chi connectivity index (χ0n) is 18.5. The first-order chi connectivity index (χ1) is 15.5. The molecule has 2 amide bonds. The van der Waals surface area contributed by atoms with E-state index in [2.05, 4.69) is 33.5 Å². The van der Waals surface area contributed by atoms with E-state index in [0.717, 1.165) is 61.5 Å². The molecular weight excluding hydrogens is 406 g/mol. The molecule has 0 spiro atoms. The second kappa shape index (κ2) is 10.2. The lowest BCUT2D eigenvalue weighted by atomic mass is 9.96. The van der Waals surface area contributed by atoms with E-state index in [1.165, 1.54) is 0 Å². The van der Waals surface area contributed by atoms with E-state index in [1.54, 1.807) is 0 Å². The number of aryl methyl sites for hydroxylation is 1. The highest BCUT2D eigenvalue weighted by Gasteiger charge is 2.33. The second-order valence-electron chi connectivity index (χ2n) is 9.31. The summed E-state index contributed by atoms with van der Waals surface area (Å²) in [7, 11) is 0. The van der Waals surface area contributed by atoms with Gasteiger partial charge in [0.1, 0.15) is 6.04 Å². The van der Waals surface area contributed by atoms with Gasteiger partial charge in [0.2, 0.25) is 11.8 Å². The number of carbonyl (C=O) groups is 3. The molecule has 1 fully saturated rings. The lowest BCUT2D eigenvalue weighted by Crippen LogP contribution is -2.50. The average molecular weight is 440 g/mol. The van der Waals surface area contributed by atoms with Gasteiger partial charge in [0.15, 0.2) is 0 Å². The number of hydrogen-bond acceptors (Lipinski definition) is 3. The van der Waals surface area contributed by atoms with Crippen LogP contribution in [0.1, 0.15) is 56.9 Å². The number of nitrogens with zero attached hydrogens (tertiary/aromatic N) is 1. The predicted molar refractivity (Wildman–Crippen MR) is 122 cm³/mol. The highest BCUT2D eigenvalue weighted by atomic mass is 16.4. The molecule has 1 aromatic heterocycles. The van der Waals surface area contributed by atoms with Gasteiger partial charge in [-0.3, -0.25) is 14.4 Å². The lowest BCUT2D eigenvalue weighted by Gasteiger charge is -2.22. The summed E-state index contributed by atoms with van der Waals surface area (Å²) >= 11 is 0. The van der Waals surface area contributed by atoms with E-state index in [0.29, 0.717) is 25.3 Å². The van der Waals surface area contributed by atoms with Crippen LogP contribution >= 0.6 is 0 Å². The van der Waals surface area contributed by atoms with Gasteiger partial charge in [-0.05, 0) is 36.8 Å². The molecule has 2 aliphatic rings. The van der Waals surface area contributed by atoms with Gasteiger partial charge in [0, 0.05) is 42.5 Å². The van der Waals surface area contributed by atoms with Gasteiger partial charge in [-0.15, -0.1) is 0 Å². The van der Waals surface area contributed by atoms with Crippen LogP contribution in [0.15, 0.2) is 30.5 Å². The highest BCUT2D eigenvalue weighted by Crippen LogP contribution is 2.36. The van der Waals surface area contributed by atoms with E-state index in [1.807, 2.05) is 12.1 Å². The number of amides is 2. The standard InChI is InChI=1S/C25H33N3O4/c29-23(30)15-18(13-17-9-10-17)24(31)27-21-14-19-16-28(22-8-4-3-7-20(19)22)12-6-2-1-5-11-26-25(21)32/h3-4,7-8,16-18,21H,1-2,5-6,9-15H2,(H,26,32)(H,27,31)(H,29,30)/t18-,21+/m1/s1. The number of nitrogens with one attached hydrogen (secondary N) is 2. The Morgan fingerprint density at radius 3 is 2.72 bits per heavy atom. The molecule has 172 valence electrons. The largest absolute Gasteiger partial charge is 0.481 e. The molecule has 1 aliphatic carbocycles. The van der Waals surface area contributed by atoms with Crippen LogP contribution < -0.4 is 10.6 Å². The summed E-state index contributed by atoms with van der Waals surface area (Å²) in [5.74, 6) is -1.67. The summed E-state index contributed by atoms with van der Waals surface area (Å²) < 4.78 is 2.25. The third kappa shape index (κ3) is 5.69. The quantitative estimate of drug-likeness (QED) is 0.643. The minimum atomic E-state index is -0.978. The van der Waals surface area contributed by atoms with Crippen LogP contribution in [0.5, 0.6) is 0 Å². The van der Waals surface area contributed by atoms with Crippen LogP contribution in [0.2, 0.25) is 0 Å². The molecule has 7 nitrogen and oxygen atoms in total. The summed E-state index contributed by atoms with van der Waals surface area (Å²) in [5, 5.41) is 16.3. The number of fused-ring (bicyclic) bond motifs is 5. The number of para-hydroxylation sites is 1. The summed E-state index contributed by atoms with van der Waals surface area (Å²) in [4.78, 5) is 37.4. The molecule has 2 atom stereocenters. The molecule has 4 rings (SSSR count). The Labute approximate surface area is 188 Å². The summed E-state index contributed by atoms with van der Waals surface area (Å²) in [6.45, 7) is 1.52. The normalized spacial score (nSPS) is 21.0. The predicted octanol–water partition coefficient (Wildman–Crippen LogP) is 3.25. The Hall–Kier alpha value is -2.83. The Bertz CT molecular complexity index is 979. The van der Waals surface area contributed by atoms with Gasteiger partial charge in [-0.25, -0.2) is 0 Å². The Balaban J connectivity index is 1.58. The molecule has 32 heavy (non-hydrogen) atoms. The fourth-order valence-electron chi connectivity index (χ4n) is 4.73. The first-order valence-corrected chi connectivity index (χ1v) is 11.9. The van der Waals surface area contributed by atoms with Crippen LogP contribution in [0, 0.1) is 11.8 Å². The van der Waals surface area contributed by atoms with Gasteiger partial charge in [0.25, 0.3) is 0 Å². The zero-order chi connectivity index (χ0) is 22.5. The molecule has 0 unspecified atom stereocenters. The SMILES string of the molecule is O=C(O)C[C@@H](CC1CC1)C(=O)N[C@H]1Cc2cn(c3ccccc23)CCCCCCNC1=O. The molecule has 1 aromatic carbocycles. The van der Waals surface area contributed by atoms with Crippen LogP contribution in [-0.4, -0.2) is 40.0 Å². The van der Waals surface area contributed by atoms with E-state index in [-0.39, 0.29) is 18.2 Å². The molecule has 2 bridgehead atoms. The molecule has 2 heterocycles. The number of carboxylic acid groups (broad SMARTS) is 1. The van der Waals surface area contributed by atoms with Crippen molar-refractivity contribution in [1.29, 1.82) is 0 Å². The van der Waals surface area contributed by atoms with Crippen molar-refractivity contribution in [3.63, 3.8) is 0 Å². The molecule has 3 N–H and O–H groups in total. The van der Waals surface area contributed by atoms with Crippen molar-refractivity contribution in [2.45, 2.75) is 70.4 Å². The van der Waals surface area contributed by atoms with E-state index in [4.69, 9.17) is 0 Å². The van der Waals surface area contributed by atoms with Crippen molar-refractivity contribution in [2.24, 2.45) is 11.8 Å². The van der Waals surface area contributed by atoms with Crippen molar-refractivity contribution in [2.75, 3.05) is 6.54 Å². The summed E-state index contributed by atoms with van der Waals surface area (Å²) in [5.41, 5.74) is 2.17. The number of benzene rings is 1. The number of aromatic nitrogens is 1. The molecular formula is C25H33N3O4. The maximum absolute atomic E-state index is 13.1. The first-order valence-electron chi connectivity index (χ1n) is 11.9.